The number of aryl methyl sites for hydroxylation is 1. The molecule has 110 valence electrons. The Kier molecular flexibility index (Phi) is 4.29. The van der Waals surface area contributed by atoms with Crippen LogP contribution in [0.2, 0.25) is 0 Å². The highest BCUT2D eigenvalue weighted by atomic mass is 16.2. The maximum Gasteiger partial charge on any atom is 0.241 e. The SMILES string of the molecule is Cn1cnnc1-c1cccc(NC(=O)C(N)CC(N)=O)c1. The van der Waals surface area contributed by atoms with E-state index in [1.165, 1.54) is 0 Å². The minimum atomic E-state index is -0.971. The Labute approximate surface area is 121 Å². The topological polar surface area (TPSA) is 129 Å². The Morgan fingerprint density at radius 1 is 1.43 bits per heavy atom. The number of benzene rings is 1. The van der Waals surface area contributed by atoms with Crippen LogP contribution in [0.3, 0.4) is 0 Å². The number of carbonyl (C=O) groups excluding carboxylic acids is 2. The van der Waals surface area contributed by atoms with Crippen molar-refractivity contribution in [3.8, 4) is 11.4 Å². The van der Waals surface area contributed by atoms with Crippen LogP contribution < -0.4 is 16.8 Å². The van der Waals surface area contributed by atoms with Crippen LogP contribution in [0.5, 0.6) is 0 Å². The first-order valence-electron chi connectivity index (χ1n) is 6.26. The van der Waals surface area contributed by atoms with Crippen LogP contribution in [-0.4, -0.2) is 32.6 Å². The number of hydrogen-bond acceptors (Lipinski definition) is 5. The minimum Gasteiger partial charge on any atom is -0.370 e. The second-order valence-corrected chi connectivity index (χ2v) is 4.61. The van der Waals surface area contributed by atoms with Crippen molar-refractivity contribution in [1.29, 1.82) is 0 Å². The summed E-state index contributed by atoms with van der Waals surface area (Å²) < 4.78 is 1.76. The van der Waals surface area contributed by atoms with E-state index in [2.05, 4.69) is 15.5 Å². The molecule has 1 heterocycles. The van der Waals surface area contributed by atoms with Crippen molar-refractivity contribution < 1.29 is 9.59 Å². The molecule has 8 heteroatoms. The van der Waals surface area contributed by atoms with Crippen molar-refractivity contribution in [2.24, 2.45) is 18.5 Å². The average molecular weight is 288 g/mol. The summed E-state index contributed by atoms with van der Waals surface area (Å²) in [6, 6.07) is 6.12. The number of rotatable bonds is 5. The lowest BCUT2D eigenvalue weighted by molar-refractivity contribution is -0.123. The largest absolute Gasteiger partial charge is 0.370 e. The van der Waals surface area contributed by atoms with Crippen molar-refractivity contribution >= 4 is 17.5 Å². The molecule has 0 aliphatic carbocycles. The molecule has 0 aliphatic rings. The summed E-state index contributed by atoms with van der Waals surface area (Å²) in [6.07, 6.45) is 1.39. The number of carbonyl (C=O) groups is 2. The summed E-state index contributed by atoms with van der Waals surface area (Å²) in [4.78, 5) is 22.6. The molecule has 2 rings (SSSR count). The van der Waals surface area contributed by atoms with Gasteiger partial charge in [0.25, 0.3) is 0 Å². The van der Waals surface area contributed by atoms with E-state index in [4.69, 9.17) is 11.5 Å². The fourth-order valence-corrected chi connectivity index (χ4v) is 1.83. The third kappa shape index (κ3) is 3.63. The fraction of sp³-hybridized carbons (Fsp3) is 0.231. The van der Waals surface area contributed by atoms with Crippen LogP contribution in [0.1, 0.15) is 6.42 Å². The normalized spacial score (nSPS) is 11.9. The van der Waals surface area contributed by atoms with E-state index in [-0.39, 0.29) is 6.42 Å². The lowest BCUT2D eigenvalue weighted by atomic mass is 10.1. The summed E-state index contributed by atoms with van der Waals surface area (Å²) in [6.45, 7) is 0. The number of amides is 2. The summed E-state index contributed by atoms with van der Waals surface area (Å²) in [5.41, 5.74) is 12.0. The highest BCUT2D eigenvalue weighted by molar-refractivity contribution is 5.97. The molecule has 0 spiro atoms. The maximum absolute atomic E-state index is 11.8. The molecule has 21 heavy (non-hydrogen) atoms. The van der Waals surface area contributed by atoms with Gasteiger partial charge in [-0.3, -0.25) is 9.59 Å². The second-order valence-electron chi connectivity index (χ2n) is 4.61. The highest BCUT2D eigenvalue weighted by Crippen LogP contribution is 2.20. The smallest absolute Gasteiger partial charge is 0.241 e. The van der Waals surface area contributed by atoms with E-state index in [1.54, 1.807) is 29.1 Å². The Balaban J connectivity index is 2.13. The Morgan fingerprint density at radius 3 is 2.81 bits per heavy atom. The zero-order valence-electron chi connectivity index (χ0n) is 11.5. The molecule has 0 saturated heterocycles. The number of nitrogens with one attached hydrogen (secondary N) is 1. The maximum atomic E-state index is 11.8. The zero-order chi connectivity index (χ0) is 15.4. The van der Waals surface area contributed by atoms with E-state index in [9.17, 15) is 9.59 Å². The first-order valence-corrected chi connectivity index (χ1v) is 6.26. The second kappa shape index (κ2) is 6.14. The standard InChI is InChI=1S/C13H16N6O2/c1-19-7-16-18-12(19)8-3-2-4-9(5-8)17-13(21)10(14)6-11(15)20/h2-5,7,10H,6,14H2,1H3,(H2,15,20)(H,17,21). The molecule has 0 bridgehead atoms. The van der Waals surface area contributed by atoms with Gasteiger partial charge in [-0.1, -0.05) is 12.1 Å². The third-order valence-corrected chi connectivity index (χ3v) is 2.86. The number of nitrogens with two attached hydrogens (primary N) is 2. The number of nitrogens with zero attached hydrogens (tertiary/aromatic N) is 3. The predicted octanol–water partition coefficient (Wildman–Crippen LogP) is -0.377. The summed E-state index contributed by atoms with van der Waals surface area (Å²) in [5.74, 6) is -0.415. The summed E-state index contributed by atoms with van der Waals surface area (Å²) in [7, 11) is 1.82. The van der Waals surface area contributed by atoms with Crippen molar-refractivity contribution in [3.05, 3.63) is 30.6 Å². The number of hydrogen-bond donors (Lipinski definition) is 3. The number of anilines is 1. The lowest BCUT2D eigenvalue weighted by Crippen LogP contribution is -2.38. The molecule has 0 saturated carbocycles. The van der Waals surface area contributed by atoms with Gasteiger partial charge in [0.15, 0.2) is 5.82 Å². The molecular formula is C13H16N6O2. The van der Waals surface area contributed by atoms with Crippen LogP contribution in [0, 0.1) is 0 Å². The average Bonchev–Trinajstić information content (AvgIpc) is 2.84. The van der Waals surface area contributed by atoms with Crippen molar-refractivity contribution in [2.45, 2.75) is 12.5 Å². The molecule has 1 aromatic carbocycles. The van der Waals surface area contributed by atoms with E-state index >= 15 is 0 Å². The summed E-state index contributed by atoms with van der Waals surface area (Å²) in [5, 5.41) is 10.4. The van der Waals surface area contributed by atoms with Gasteiger partial charge in [0, 0.05) is 18.3 Å². The lowest BCUT2D eigenvalue weighted by Gasteiger charge is -2.11. The first-order chi connectivity index (χ1) is 9.97. The van der Waals surface area contributed by atoms with E-state index in [0.717, 1.165) is 5.56 Å². The molecule has 0 fully saturated rings. The monoisotopic (exact) mass is 288 g/mol. The van der Waals surface area contributed by atoms with E-state index in [0.29, 0.717) is 11.5 Å². The molecule has 0 aliphatic heterocycles. The fourth-order valence-electron chi connectivity index (χ4n) is 1.83. The Bertz CT molecular complexity index is 666. The Morgan fingerprint density at radius 2 is 2.19 bits per heavy atom. The third-order valence-electron chi connectivity index (χ3n) is 2.86. The molecule has 2 amide bonds. The van der Waals surface area contributed by atoms with Gasteiger partial charge in [-0.05, 0) is 12.1 Å². The van der Waals surface area contributed by atoms with Gasteiger partial charge in [0.05, 0.1) is 12.5 Å². The summed E-state index contributed by atoms with van der Waals surface area (Å²) >= 11 is 0. The van der Waals surface area contributed by atoms with Gasteiger partial charge in [0.2, 0.25) is 11.8 Å². The van der Waals surface area contributed by atoms with Gasteiger partial charge in [-0.25, -0.2) is 0 Å². The van der Waals surface area contributed by atoms with E-state index in [1.807, 2.05) is 13.1 Å². The van der Waals surface area contributed by atoms with Gasteiger partial charge in [0.1, 0.15) is 6.33 Å². The van der Waals surface area contributed by atoms with Gasteiger partial charge in [-0.15, -0.1) is 10.2 Å². The zero-order valence-corrected chi connectivity index (χ0v) is 11.5. The molecule has 8 nitrogen and oxygen atoms in total. The molecule has 2 aromatic rings. The van der Waals surface area contributed by atoms with Gasteiger partial charge >= 0.3 is 0 Å². The molecule has 1 unspecified atom stereocenters. The van der Waals surface area contributed by atoms with Crippen LogP contribution >= 0.6 is 0 Å². The first kappa shape index (κ1) is 14.7. The number of aromatic nitrogens is 3. The predicted molar refractivity (Wildman–Crippen MR) is 76.9 cm³/mol. The van der Waals surface area contributed by atoms with Gasteiger partial charge in [-0.2, -0.15) is 0 Å². The van der Waals surface area contributed by atoms with Crippen molar-refractivity contribution in [3.63, 3.8) is 0 Å². The molecule has 5 N–H and O–H groups in total. The highest BCUT2D eigenvalue weighted by Gasteiger charge is 2.16. The minimum absolute atomic E-state index is 0.200. The van der Waals surface area contributed by atoms with Crippen LogP contribution in [0.25, 0.3) is 11.4 Å². The molecular weight excluding hydrogens is 272 g/mol. The Hall–Kier alpha value is -2.74. The van der Waals surface area contributed by atoms with Crippen LogP contribution in [0.4, 0.5) is 5.69 Å². The molecule has 1 atom stereocenters. The van der Waals surface area contributed by atoms with Crippen LogP contribution in [-0.2, 0) is 16.6 Å². The van der Waals surface area contributed by atoms with E-state index < -0.39 is 17.9 Å². The van der Waals surface area contributed by atoms with Crippen molar-refractivity contribution in [1.82, 2.24) is 14.8 Å². The van der Waals surface area contributed by atoms with Crippen LogP contribution in [0.15, 0.2) is 30.6 Å². The molecule has 0 radical (unpaired) electrons. The molecule has 1 aromatic heterocycles. The quantitative estimate of drug-likeness (QED) is 0.691. The van der Waals surface area contributed by atoms with Gasteiger partial charge < -0.3 is 21.4 Å². The van der Waals surface area contributed by atoms with Crippen molar-refractivity contribution in [2.75, 3.05) is 5.32 Å². The number of primary amides is 1.